The average molecular weight is 274 g/mol. The Kier molecular flexibility index (Phi) is 8.57. The van der Waals surface area contributed by atoms with Crippen LogP contribution in [0.1, 0.15) is 13.3 Å². The van der Waals surface area contributed by atoms with E-state index in [9.17, 15) is 0 Å². The molecule has 0 saturated carbocycles. The van der Waals surface area contributed by atoms with Crippen molar-refractivity contribution in [3.05, 3.63) is 0 Å². The van der Waals surface area contributed by atoms with E-state index in [4.69, 9.17) is 14.2 Å². The zero-order chi connectivity index (χ0) is 14.0. The minimum Gasteiger partial charge on any atom is -0.383 e. The van der Waals surface area contributed by atoms with Gasteiger partial charge in [0.2, 0.25) is 0 Å². The summed E-state index contributed by atoms with van der Waals surface area (Å²) in [6, 6.07) is 0. The SMILES string of the molecule is CCNCC1(CN(CCOC)CCOC)CCOC1. The van der Waals surface area contributed by atoms with Crippen molar-refractivity contribution in [1.82, 2.24) is 10.2 Å². The van der Waals surface area contributed by atoms with Gasteiger partial charge in [-0.2, -0.15) is 0 Å². The third-order valence-electron chi connectivity index (χ3n) is 3.72. The van der Waals surface area contributed by atoms with Crippen LogP contribution in [0, 0.1) is 5.41 Å². The van der Waals surface area contributed by atoms with Crippen LogP contribution < -0.4 is 5.32 Å². The maximum atomic E-state index is 5.64. The van der Waals surface area contributed by atoms with Crippen LogP contribution in [0.15, 0.2) is 0 Å². The van der Waals surface area contributed by atoms with E-state index in [1.807, 2.05) is 0 Å². The molecule has 1 heterocycles. The van der Waals surface area contributed by atoms with Gasteiger partial charge in [0.05, 0.1) is 19.8 Å². The molecular weight excluding hydrogens is 244 g/mol. The summed E-state index contributed by atoms with van der Waals surface area (Å²) in [5.41, 5.74) is 0.248. The van der Waals surface area contributed by atoms with Crippen LogP contribution in [0.3, 0.4) is 0 Å². The van der Waals surface area contributed by atoms with E-state index < -0.39 is 0 Å². The Morgan fingerprint density at radius 1 is 1.21 bits per heavy atom. The minimum absolute atomic E-state index is 0.248. The van der Waals surface area contributed by atoms with Crippen molar-refractivity contribution in [1.29, 1.82) is 0 Å². The van der Waals surface area contributed by atoms with E-state index >= 15 is 0 Å². The topological polar surface area (TPSA) is 43.0 Å². The third kappa shape index (κ3) is 6.19. The van der Waals surface area contributed by atoms with Crippen molar-refractivity contribution in [3.63, 3.8) is 0 Å². The monoisotopic (exact) mass is 274 g/mol. The maximum Gasteiger partial charge on any atom is 0.0589 e. The van der Waals surface area contributed by atoms with Gasteiger partial charge in [0.15, 0.2) is 0 Å². The van der Waals surface area contributed by atoms with Crippen LogP contribution in [0.4, 0.5) is 0 Å². The van der Waals surface area contributed by atoms with Gasteiger partial charge in [-0.05, 0) is 13.0 Å². The van der Waals surface area contributed by atoms with Crippen molar-refractivity contribution in [2.24, 2.45) is 5.41 Å². The van der Waals surface area contributed by atoms with Crippen LogP contribution >= 0.6 is 0 Å². The lowest BCUT2D eigenvalue weighted by Crippen LogP contribution is -2.46. The molecule has 19 heavy (non-hydrogen) atoms. The zero-order valence-electron chi connectivity index (χ0n) is 12.7. The van der Waals surface area contributed by atoms with Gasteiger partial charge in [-0.15, -0.1) is 0 Å². The summed E-state index contributed by atoms with van der Waals surface area (Å²) >= 11 is 0. The Labute approximate surface area is 117 Å². The van der Waals surface area contributed by atoms with Gasteiger partial charge in [-0.25, -0.2) is 0 Å². The number of hydrogen-bond acceptors (Lipinski definition) is 5. The quantitative estimate of drug-likeness (QED) is 0.597. The number of nitrogens with zero attached hydrogens (tertiary/aromatic N) is 1. The van der Waals surface area contributed by atoms with Crippen LogP contribution in [0.25, 0.3) is 0 Å². The van der Waals surface area contributed by atoms with Gasteiger partial charge < -0.3 is 19.5 Å². The first-order valence-electron chi connectivity index (χ1n) is 7.25. The van der Waals surface area contributed by atoms with Gasteiger partial charge >= 0.3 is 0 Å². The summed E-state index contributed by atoms with van der Waals surface area (Å²) < 4.78 is 16.0. The summed E-state index contributed by atoms with van der Waals surface area (Å²) in [5.74, 6) is 0. The van der Waals surface area contributed by atoms with Crippen LogP contribution in [-0.2, 0) is 14.2 Å². The highest BCUT2D eigenvalue weighted by atomic mass is 16.5. The number of rotatable bonds is 11. The van der Waals surface area contributed by atoms with Crippen LogP contribution in [-0.4, -0.2) is 78.3 Å². The molecule has 0 aromatic rings. The molecule has 1 aliphatic rings. The Morgan fingerprint density at radius 3 is 2.37 bits per heavy atom. The molecule has 1 rings (SSSR count). The van der Waals surface area contributed by atoms with Gasteiger partial charge in [-0.1, -0.05) is 6.92 Å². The summed E-state index contributed by atoms with van der Waals surface area (Å²) in [6.45, 7) is 10.4. The summed E-state index contributed by atoms with van der Waals surface area (Å²) in [7, 11) is 3.50. The number of hydrogen-bond donors (Lipinski definition) is 1. The predicted molar refractivity (Wildman–Crippen MR) is 76.6 cm³/mol. The second kappa shape index (κ2) is 9.66. The van der Waals surface area contributed by atoms with Gasteiger partial charge in [-0.3, -0.25) is 4.90 Å². The molecule has 1 atom stereocenters. The first-order valence-corrected chi connectivity index (χ1v) is 7.25. The van der Waals surface area contributed by atoms with Gasteiger partial charge in [0, 0.05) is 52.4 Å². The lowest BCUT2D eigenvalue weighted by atomic mass is 9.86. The van der Waals surface area contributed by atoms with Crippen molar-refractivity contribution in [3.8, 4) is 0 Å². The lowest BCUT2D eigenvalue weighted by molar-refractivity contribution is 0.0686. The first-order chi connectivity index (χ1) is 9.26. The Hall–Kier alpha value is -0.200. The second-order valence-corrected chi connectivity index (χ2v) is 5.34. The molecule has 0 aliphatic carbocycles. The molecule has 5 heteroatoms. The molecule has 0 aromatic heterocycles. The molecule has 0 bridgehead atoms. The molecule has 1 N–H and O–H groups in total. The summed E-state index contributed by atoms with van der Waals surface area (Å²) in [4.78, 5) is 2.43. The van der Waals surface area contributed by atoms with Crippen molar-refractivity contribution in [2.75, 3.05) is 73.4 Å². The summed E-state index contributed by atoms with van der Waals surface area (Å²) in [6.07, 6.45) is 1.14. The Balaban J connectivity index is 2.50. The van der Waals surface area contributed by atoms with Crippen molar-refractivity contribution in [2.45, 2.75) is 13.3 Å². The molecule has 5 nitrogen and oxygen atoms in total. The second-order valence-electron chi connectivity index (χ2n) is 5.34. The zero-order valence-corrected chi connectivity index (χ0v) is 12.7. The minimum atomic E-state index is 0.248. The third-order valence-corrected chi connectivity index (χ3v) is 3.72. The normalized spacial score (nSPS) is 23.4. The first kappa shape index (κ1) is 16.9. The fourth-order valence-electron chi connectivity index (χ4n) is 2.54. The summed E-state index contributed by atoms with van der Waals surface area (Å²) in [5, 5.41) is 3.48. The van der Waals surface area contributed by atoms with Crippen LogP contribution in [0.5, 0.6) is 0 Å². The van der Waals surface area contributed by atoms with Gasteiger partial charge in [0.1, 0.15) is 0 Å². The average Bonchev–Trinajstić information content (AvgIpc) is 2.88. The molecule has 1 saturated heterocycles. The molecule has 1 fully saturated rings. The smallest absolute Gasteiger partial charge is 0.0589 e. The van der Waals surface area contributed by atoms with Crippen molar-refractivity contribution >= 4 is 0 Å². The van der Waals surface area contributed by atoms with E-state index in [0.29, 0.717) is 0 Å². The van der Waals surface area contributed by atoms with Crippen molar-refractivity contribution < 1.29 is 14.2 Å². The molecule has 0 radical (unpaired) electrons. The van der Waals surface area contributed by atoms with E-state index in [1.165, 1.54) is 0 Å². The fourth-order valence-corrected chi connectivity index (χ4v) is 2.54. The molecule has 0 aromatic carbocycles. The number of nitrogens with one attached hydrogen (secondary N) is 1. The van der Waals surface area contributed by atoms with Gasteiger partial charge in [0.25, 0.3) is 0 Å². The molecule has 0 amide bonds. The lowest BCUT2D eigenvalue weighted by Gasteiger charge is -2.34. The van der Waals surface area contributed by atoms with E-state index in [1.54, 1.807) is 14.2 Å². The highest BCUT2D eigenvalue weighted by Crippen LogP contribution is 2.29. The largest absolute Gasteiger partial charge is 0.383 e. The Morgan fingerprint density at radius 2 is 1.89 bits per heavy atom. The molecule has 0 spiro atoms. The maximum absolute atomic E-state index is 5.64. The molecular formula is C14H30N2O3. The van der Waals surface area contributed by atoms with E-state index in [-0.39, 0.29) is 5.41 Å². The predicted octanol–water partition coefficient (Wildman–Crippen LogP) is 0.597. The molecule has 1 aliphatic heterocycles. The fraction of sp³-hybridized carbons (Fsp3) is 1.00. The highest BCUT2D eigenvalue weighted by molar-refractivity contribution is 4.88. The number of methoxy groups -OCH3 is 2. The molecule has 114 valence electrons. The van der Waals surface area contributed by atoms with E-state index in [2.05, 4.69) is 17.1 Å². The van der Waals surface area contributed by atoms with Crippen LogP contribution in [0.2, 0.25) is 0 Å². The van der Waals surface area contributed by atoms with E-state index in [0.717, 1.165) is 65.6 Å². The molecule has 1 unspecified atom stereocenters. The standard InChI is InChI=1S/C14H30N2O3/c1-4-15-11-14(5-8-19-13-14)12-16(6-9-17-2)7-10-18-3/h15H,4-13H2,1-3H3. The number of ether oxygens (including phenoxy) is 3. The highest BCUT2D eigenvalue weighted by Gasteiger charge is 2.36. The Bertz CT molecular complexity index is 213.